The average Bonchev–Trinajstić information content (AvgIpc) is 2.19. The SMILES string of the molecule is C#CC(=O)O.Clc1ccccc1.N=C(N)N. The maximum absolute atomic E-state index is 9.13. The molecule has 0 fully saturated rings. The Kier molecular flexibility index (Phi) is 11.1. The summed E-state index contributed by atoms with van der Waals surface area (Å²) in [6.45, 7) is 0. The molecule has 0 aromatic heterocycles. The molecule has 16 heavy (non-hydrogen) atoms. The fourth-order valence-corrected chi connectivity index (χ4v) is 0.560. The van der Waals surface area contributed by atoms with Gasteiger partial charge in [0.25, 0.3) is 0 Å². The van der Waals surface area contributed by atoms with E-state index >= 15 is 0 Å². The van der Waals surface area contributed by atoms with Gasteiger partial charge in [0.15, 0.2) is 5.96 Å². The second-order valence-corrected chi connectivity index (χ2v) is 2.64. The third-order valence-electron chi connectivity index (χ3n) is 0.857. The molecule has 0 atom stereocenters. The Labute approximate surface area is 98.5 Å². The number of halogens is 1. The van der Waals surface area contributed by atoms with E-state index in [1.807, 2.05) is 30.3 Å². The van der Waals surface area contributed by atoms with E-state index in [0.717, 1.165) is 5.02 Å². The van der Waals surface area contributed by atoms with Gasteiger partial charge in [-0.05, 0) is 12.1 Å². The maximum Gasteiger partial charge on any atom is 0.381 e. The summed E-state index contributed by atoms with van der Waals surface area (Å²) in [6, 6.07) is 9.44. The lowest BCUT2D eigenvalue weighted by atomic mass is 10.4. The molecular weight excluding hydrogens is 230 g/mol. The number of carbonyl (C=O) groups is 1. The molecule has 6 heteroatoms. The Bertz CT molecular complexity index is 356. The van der Waals surface area contributed by atoms with Crippen molar-refractivity contribution in [3.8, 4) is 12.3 Å². The Hall–Kier alpha value is -2.19. The van der Waals surface area contributed by atoms with Crippen LogP contribution < -0.4 is 11.5 Å². The zero-order valence-electron chi connectivity index (χ0n) is 8.35. The normalized spacial score (nSPS) is 7.00. The minimum absolute atomic E-state index is 0.333. The number of carboxylic acid groups (broad SMARTS) is 1. The number of rotatable bonds is 0. The third-order valence-corrected chi connectivity index (χ3v) is 1.11. The molecule has 0 saturated carbocycles. The first kappa shape index (κ1) is 16.2. The minimum Gasteiger partial charge on any atom is -0.472 e. The number of benzene rings is 1. The molecule has 0 spiro atoms. The van der Waals surface area contributed by atoms with Crippen molar-refractivity contribution in [3.05, 3.63) is 35.4 Å². The topological polar surface area (TPSA) is 113 Å². The van der Waals surface area contributed by atoms with Crippen molar-refractivity contribution in [2.24, 2.45) is 11.5 Å². The lowest BCUT2D eigenvalue weighted by Crippen LogP contribution is -2.20. The summed E-state index contributed by atoms with van der Waals surface area (Å²) in [7, 11) is 0. The summed E-state index contributed by atoms with van der Waals surface area (Å²) < 4.78 is 0. The predicted octanol–water partition coefficient (Wildman–Crippen LogP) is 0.883. The number of hydrogen-bond acceptors (Lipinski definition) is 2. The van der Waals surface area contributed by atoms with Crippen LogP contribution in [0, 0.1) is 17.8 Å². The van der Waals surface area contributed by atoms with Gasteiger partial charge in [-0.25, -0.2) is 4.79 Å². The second kappa shape index (κ2) is 10.9. The van der Waals surface area contributed by atoms with Gasteiger partial charge in [0.05, 0.1) is 0 Å². The van der Waals surface area contributed by atoms with E-state index in [-0.39, 0.29) is 5.96 Å². The number of guanidine groups is 1. The number of carboxylic acids is 1. The largest absolute Gasteiger partial charge is 0.472 e. The number of hydrogen-bond donors (Lipinski definition) is 4. The van der Waals surface area contributed by atoms with Gasteiger partial charge < -0.3 is 16.6 Å². The van der Waals surface area contributed by atoms with E-state index in [1.54, 1.807) is 0 Å². The number of aliphatic carboxylic acids is 1. The molecule has 0 aliphatic rings. The molecule has 0 saturated heterocycles. The summed E-state index contributed by atoms with van der Waals surface area (Å²) in [5, 5.41) is 14.3. The van der Waals surface area contributed by atoms with Crippen molar-refractivity contribution in [2.75, 3.05) is 0 Å². The van der Waals surface area contributed by atoms with E-state index in [1.165, 1.54) is 5.92 Å². The highest BCUT2D eigenvalue weighted by Gasteiger charge is 1.75. The highest BCUT2D eigenvalue weighted by atomic mass is 35.5. The van der Waals surface area contributed by atoms with Crippen molar-refractivity contribution >= 4 is 23.5 Å². The predicted molar refractivity (Wildman–Crippen MR) is 64.0 cm³/mol. The van der Waals surface area contributed by atoms with Gasteiger partial charge in [-0.3, -0.25) is 5.41 Å². The Balaban J connectivity index is 0. The lowest BCUT2D eigenvalue weighted by molar-refractivity contribution is -0.130. The van der Waals surface area contributed by atoms with Gasteiger partial charge in [-0.2, -0.15) is 0 Å². The second-order valence-electron chi connectivity index (χ2n) is 2.20. The van der Waals surface area contributed by atoms with Gasteiger partial charge in [-0.15, -0.1) is 6.42 Å². The molecule has 0 heterocycles. The number of nitrogens with one attached hydrogen (secondary N) is 1. The fraction of sp³-hybridized carbons (Fsp3) is 0. The first-order valence-electron chi connectivity index (χ1n) is 3.89. The van der Waals surface area contributed by atoms with Crippen LogP contribution in [0.4, 0.5) is 0 Å². The molecule has 0 radical (unpaired) electrons. The van der Waals surface area contributed by atoms with Crippen LogP contribution >= 0.6 is 11.6 Å². The summed E-state index contributed by atoms with van der Waals surface area (Å²) in [6.07, 6.45) is 4.32. The summed E-state index contributed by atoms with van der Waals surface area (Å²) in [5.74, 6) is -0.106. The summed E-state index contributed by atoms with van der Waals surface area (Å²) in [5.41, 5.74) is 8.94. The molecule has 0 aliphatic carbocycles. The van der Waals surface area contributed by atoms with E-state index in [9.17, 15) is 0 Å². The molecular formula is C10H12ClN3O2. The zero-order valence-corrected chi connectivity index (χ0v) is 9.11. The zero-order chi connectivity index (χ0) is 13.0. The van der Waals surface area contributed by atoms with E-state index in [4.69, 9.17) is 26.9 Å². The van der Waals surface area contributed by atoms with Crippen LogP contribution in [0.25, 0.3) is 0 Å². The van der Waals surface area contributed by atoms with Crippen molar-refractivity contribution in [2.45, 2.75) is 0 Å². The highest BCUT2D eigenvalue weighted by molar-refractivity contribution is 6.30. The first-order chi connectivity index (χ1) is 7.40. The van der Waals surface area contributed by atoms with Crippen molar-refractivity contribution < 1.29 is 9.90 Å². The van der Waals surface area contributed by atoms with Crippen LogP contribution in [0.15, 0.2) is 30.3 Å². The molecule has 5 nitrogen and oxygen atoms in total. The first-order valence-corrected chi connectivity index (χ1v) is 4.27. The number of terminal acetylenes is 1. The minimum atomic E-state index is -1.22. The molecule has 1 rings (SSSR count). The van der Waals surface area contributed by atoms with E-state index < -0.39 is 5.97 Å². The molecule has 1 aromatic rings. The van der Waals surface area contributed by atoms with Crippen molar-refractivity contribution in [1.82, 2.24) is 0 Å². The standard InChI is InChI=1S/C6H5Cl.C3H2O2.CH5N3/c7-6-4-2-1-3-5-6;1-2-3(4)5;2-1(3)4/h1-5H;1H,(H,4,5);(H5,2,3,4). The van der Waals surface area contributed by atoms with Gasteiger partial charge >= 0.3 is 5.97 Å². The van der Waals surface area contributed by atoms with Gasteiger partial charge in [0.2, 0.25) is 0 Å². The van der Waals surface area contributed by atoms with Crippen LogP contribution in [0.2, 0.25) is 5.02 Å². The highest BCUT2D eigenvalue weighted by Crippen LogP contribution is 2.03. The Morgan fingerprint density at radius 3 is 1.81 bits per heavy atom. The summed E-state index contributed by atoms with van der Waals surface area (Å²) in [4.78, 5) is 9.13. The van der Waals surface area contributed by atoms with E-state index in [0.29, 0.717) is 0 Å². The third kappa shape index (κ3) is 22.6. The van der Waals surface area contributed by atoms with Gasteiger partial charge in [-0.1, -0.05) is 29.8 Å². The molecule has 0 unspecified atom stereocenters. The van der Waals surface area contributed by atoms with Crippen LogP contribution in [-0.2, 0) is 4.79 Å². The number of nitrogens with two attached hydrogens (primary N) is 2. The molecule has 0 bridgehead atoms. The molecule has 86 valence electrons. The van der Waals surface area contributed by atoms with Crippen LogP contribution in [0.5, 0.6) is 0 Å². The van der Waals surface area contributed by atoms with Gasteiger partial charge in [0, 0.05) is 10.9 Å². The van der Waals surface area contributed by atoms with Crippen LogP contribution in [0.3, 0.4) is 0 Å². The molecule has 0 amide bonds. The van der Waals surface area contributed by atoms with Crippen molar-refractivity contribution in [1.29, 1.82) is 5.41 Å². The van der Waals surface area contributed by atoms with Crippen LogP contribution in [-0.4, -0.2) is 17.0 Å². The smallest absolute Gasteiger partial charge is 0.381 e. The molecule has 0 aliphatic heterocycles. The Morgan fingerprint density at radius 1 is 1.38 bits per heavy atom. The fourth-order valence-electron chi connectivity index (χ4n) is 0.415. The van der Waals surface area contributed by atoms with Crippen LogP contribution in [0.1, 0.15) is 0 Å². The lowest BCUT2D eigenvalue weighted by Gasteiger charge is -1.80. The average molecular weight is 242 g/mol. The molecule has 1 aromatic carbocycles. The Morgan fingerprint density at radius 2 is 1.69 bits per heavy atom. The molecule has 6 N–H and O–H groups in total. The maximum atomic E-state index is 9.13. The van der Waals surface area contributed by atoms with Crippen molar-refractivity contribution in [3.63, 3.8) is 0 Å². The van der Waals surface area contributed by atoms with Gasteiger partial charge in [0.1, 0.15) is 0 Å². The van der Waals surface area contributed by atoms with E-state index in [2.05, 4.69) is 17.9 Å². The quantitative estimate of drug-likeness (QED) is 0.307. The summed E-state index contributed by atoms with van der Waals surface area (Å²) >= 11 is 5.54. The monoisotopic (exact) mass is 241 g/mol.